The molecule has 112 valence electrons. The maximum absolute atomic E-state index is 12.7. The van der Waals surface area contributed by atoms with E-state index in [2.05, 4.69) is 12.2 Å². The van der Waals surface area contributed by atoms with Crippen LogP contribution in [0.1, 0.15) is 19.8 Å². The largest absolute Gasteiger partial charge is 0.491 e. The predicted octanol–water partition coefficient (Wildman–Crippen LogP) is 1.72. The average Bonchev–Trinajstić information content (AvgIpc) is 2.45. The number of rotatable bonds is 6. The summed E-state index contributed by atoms with van der Waals surface area (Å²) in [4.78, 5) is 0. The van der Waals surface area contributed by atoms with Gasteiger partial charge in [-0.2, -0.15) is 0 Å². The Kier molecular flexibility index (Phi) is 5.34. The number of hydrogen-bond acceptors (Lipinski definition) is 4. The van der Waals surface area contributed by atoms with Crippen molar-refractivity contribution in [3.8, 4) is 5.75 Å². The van der Waals surface area contributed by atoms with Gasteiger partial charge in [0.05, 0.1) is 0 Å². The molecule has 1 aliphatic heterocycles. The van der Waals surface area contributed by atoms with Crippen LogP contribution in [-0.2, 0) is 4.74 Å². The highest BCUT2D eigenvalue weighted by atomic mass is 19.1. The molecule has 1 heterocycles. The Bertz CT molecular complexity index is 404. The highest BCUT2D eigenvalue weighted by molar-refractivity contribution is 5.22. The monoisotopic (exact) mass is 283 g/mol. The van der Waals surface area contributed by atoms with Crippen molar-refractivity contribution < 1.29 is 19.0 Å². The van der Waals surface area contributed by atoms with Crippen LogP contribution in [0, 0.1) is 5.82 Å². The SMILES string of the molecule is CC1(NCC(O)COc2ccc(F)cc2)CCOCC1. The molecule has 0 amide bonds. The fourth-order valence-corrected chi connectivity index (χ4v) is 2.15. The van der Waals surface area contributed by atoms with E-state index in [-0.39, 0.29) is 18.0 Å². The van der Waals surface area contributed by atoms with E-state index in [1.54, 1.807) is 12.1 Å². The molecule has 0 spiro atoms. The molecule has 1 aliphatic rings. The highest BCUT2D eigenvalue weighted by Gasteiger charge is 2.27. The highest BCUT2D eigenvalue weighted by Crippen LogP contribution is 2.19. The van der Waals surface area contributed by atoms with Gasteiger partial charge in [0.2, 0.25) is 0 Å². The van der Waals surface area contributed by atoms with E-state index in [0.29, 0.717) is 12.3 Å². The number of hydrogen-bond donors (Lipinski definition) is 2. The molecular formula is C15H22FNO3. The molecule has 2 N–H and O–H groups in total. The molecule has 20 heavy (non-hydrogen) atoms. The van der Waals surface area contributed by atoms with Crippen LogP contribution in [-0.4, -0.2) is 43.1 Å². The maximum Gasteiger partial charge on any atom is 0.123 e. The molecule has 1 saturated heterocycles. The van der Waals surface area contributed by atoms with Gasteiger partial charge in [0, 0.05) is 25.3 Å². The van der Waals surface area contributed by atoms with Gasteiger partial charge in [-0.25, -0.2) is 4.39 Å². The van der Waals surface area contributed by atoms with Crippen molar-refractivity contribution in [1.82, 2.24) is 5.32 Å². The molecule has 5 heteroatoms. The summed E-state index contributed by atoms with van der Waals surface area (Å²) in [6, 6.07) is 5.77. The van der Waals surface area contributed by atoms with Gasteiger partial charge in [0.1, 0.15) is 24.3 Å². The van der Waals surface area contributed by atoms with Crippen LogP contribution >= 0.6 is 0 Å². The van der Waals surface area contributed by atoms with Crippen LogP contribution in [0.4, 0.5) is 4.39 Å². The normalized spacial score (nSPS) is 19.6. The minimum absolute atomic E-state index is 0.0229. The molecule has 4 nitrogen and oxygen atoms in total. The second kappa shape index (κ2) is 7.02. The van der Waals surface area contributed by atoms with Crippen LogP contribution in [0.25, 0.3) is 0 Å². The molecule has 0 saturated carbocycles. The first-order valence-electron chi connectivity index (χ1n) is 6.97. The van der Waals surface area contributed by atoms with Crippen LogP contribution in [0.5, 0.6) is 5.75 Å². The minimum Gasteiger partial charge on any atom is -0.491 e. The summed E-state index contributed by atoms with van der Waals surface area (Å²) in [5.74, 6) is 0.259. The van der Waals surface area contributed by atoms with Crippen molar-refractivity contribution in [2.45, 2.75) is 31.4 Å². The van der Waals surface area contributed by atoms with Crippen LogP contribution in [0.3, 0.4) is 0 Å². The minimum atomic E-state index is -0.597. The Labute approximate surface area is 118 Å². The van der Waals surface area contributed by atoms with Crippen molar-refractivity contribution in [1.29, 1.82) is 0 Å². The summed E-state index contributed by atoms with van der Waals surface area (Å²) in [6.45, 7) is 4.31. The van der Waals surface area contributed by atoms with Crippen LogP contribution < -0.4 is 10.1 Å². The molecule has 0 aliphatic carbocycles. The number of β-amino-alcohol motifs (C(OH)–C–C–N with tert-alkyl or cyclic N) is 1. The second-order valence-corrected chi connectivity index (χ2v) is 5.47. The maximum atomic E-state index is 12.7. The quantitative estimate of drug-likeness (QED) is 0.835. The lowest BCUT2D eigenvalue weighted by Gasteiger charge is -2.35. The first-order chi connectivity index (χ1) is 9.57. The molecule has 1 aromatic carbocycles. The first kappa shape index (κ1) is 15.2. The zero-order chi connectivity index (χ0) is 14.4. The van der Waals surface area contributed by atoms with Gasteiger partial charge in [-0.05, 0) is 44.0 Å². The summed E-state index contributed by atoms with van der Waals surface area (Å²) in [7, 11) is 0. The Morgan fingerprint density at radius 2 is 2.00 bits per heavy atom. The van der Waals surface area contributed by atoms with Crippen LogP contribution in [0.15, 0.2) is 24.3 Å². The van der Waals surface area contributed by atoms with Crippen molar-refractivity contribution in [2.75, 3.05) is 26.4 Å². The van der Waals surface area contributed by atoms with E-state index in [9.17, 15) is 9.50 Å². The summed E-state index contributed by atoms with van der Waals surface area (Å²) in [5, 5.41) is 13.3. The summed E-state index contributed by atoms with van der Waals surface area (Å²) < 4.78 is 23.5. The number of aliphatic hydroxyl groups is 1. The Balaban J connectivity index is 1.69. The van der Waals surface area contributed by atoms with E-state index >= 15 is 0 Å². The smallest absolute Gasteiger partial charge is 0.123 e. The zero-order valence-electron chi connectivity index (χ0n) is 11.8. The number of nitrogens with one attached hydrogen (secondary N) is 1. The number of aliphatic hydroxyl groups excluding tert-OH is 1. The number of ether oxygens (including phenoxy) is 2. The van der Waals surface area contributed by atoms with Crippen molar-refractivity contribution in [3.63, 3.8) is 0 Å². The van der Waals surface area contributed by atoms with Gasteiger partial charge < -0.3 is 19.9 Å². The van der Waals surface area contributed by atoms with Crippen molar-refractivity contribution in [2.24, 2.45) is 0 Å². The van der Waals surface area contributed by atoms with Gasteiger partial charge >= 0.3 is 0 Å². The standard InChI is InChI=1S/C15H22FNO3/c1-15(6-8-19-9-7-15)17-10-13(18)11-20-14-4-2-12(16)3-5-14/h2-5,13,17-18H,6-11H2,1H3. The predicted molar refractivity (Wildman–Crippen MR) is 74.4 cm³/mol. The fraction of sp³-hybridized carbons (Fsp3) is 0.600. The van der Waals surface area contributed by atoms with Gasteiger partial charge in [0.15, 0.2) is 0 Å². The van der Waals surface area contributed by atoms with Gasteiger partial charge in [-0.1, -0.05) is 0 Å². The van der Waals surface area contributed by atoms with Gasteiger partial charge in [-0.3, -0.25) is 0 Å². The van der Waals surface area contributed by atoms with E-state index in [1.165, 1.54) is 12.1 Å². The lowest BCUT2D eigenvalue weighted by Crippen LogP contribution is -2.50. The lowest BCUT2D eigenvalue weighted by atomic mass is 9.92. The molecule has 0 aromatic heterocycles. The van der Waals surface area contributed by atoms with Gasteiger partial charge in [-0.15, -0.1) is 0 Å². The first-order valence-corrected chi connectivity index (χ1v) is 6.97. The lowest BCUT2D eigenvalue weighted by molar-refractivity contribution is 0.0342. The fourth-order valence-electron chi connectivity index (χ4n) is 2.15. The second-order valence-electron chi connectivity index (χ2n) is 5.47. The molecule has 0 bridgehead atoms. The van der Waals surface area contributed by atoms with E-state index in [4.69, 9.17) is 9.47 Å². The average molecular weight is 283 g/mol. The van der Waals surface area contributed by atoms with E-state index in [0.717, 1.165) is 26.1 Å². The van der Waals surface area contributed by atoms with Crippen molar-refractivity contribution in [3.05, 3.63) is 30.1 Å². The third-order valence-corrected chi connectivity index (χ3v) is 3.62. The Morgan fingerprint density at radius 3 is 2.65 bits per heavy atom. The number of benzene rings is 1. The summed E-state index contributed by atoms with van der Waals surface area (Å²) >= 11 is 0. The van der Waals surface area contributed by atoms with E-state index < -0.39 is 6.10 Å². The molecule has 0 radical (unpaired) electrons. The zero-order valence-corrected chi connectivity index (χ0v) is 11.8. The van der Waals surface area contributed by atoms with E-state index in [1.807, 2.05) is 0 Å². The van der Waals surface area contributed by atoms with Gasteiger partial charge in [0.25, 0.3) is 0 Å². The van der Waals surface area contributed by atoms with Crippen LogP contribution in [0.2, 0.25) is 0 Å². The number of halogens is 1. The van der Waals surface area contributed by atoms with Crippen molar-refractivity contribution >= 4 is 0 Å². The molecule has 1 unspecified atom stereocenters. The Morgan fingerprint density at radius 1 is 1.35 bits per heavy atom. The topological polar surface area (TPSA) is 50.7 Å². The summed E-state index contributed by atoms with van der Waals surface area (Å²) in [6.07, 6.45) is 1.29. The molecule has 1 aromatic rings. The Hall–Kier alpha value is -1.17. The molecule has 1 atom stereocenters. The molecule has 2 rings (SSSR count). The molecular weight excluding hydrogens is 261 g/mol. The third-order valence-electron chi connectivity index (χ3n) is 3.62. The molecule has 1 fully saturated rings. The third kappa shape index (κ3) is 4.74. The summed E-state index contributed by atoms with van der Waals surface area (Å²) in [5.41, 5.74) is 0.0229.